The van der Waals surface area contributed by atoms with Gasteiger partial charge in [-0.25, -0.2) is 0 Å². The second kappa shape index (κ2) is 7.06. The van der Waals surface area contributed by atoms with Crippen molar-refractivity contribution in [2.45, 2.75) is 48.0 Å². The number of rotatable bonds is 4. The van der Waals surface area contributed by atoms with E-state index in [1.165, 1.54) is 33.4 Å². The van der Waals surface area contributed by atoms with E-state index in [4.69, 9.17) is 4.42 Å². The van der Waals surface area contributed by atoms with E-state index < -0.39 is 0 Å². The summed E-state index contributed by atoms with van der Waals surface area (Å²) >= 11 is 0. The molecule has 1 aromatic carbocycles. The van der Waals surface area contributed by atoms with Crippen LogP contribution in [-0.4, -0.2) is 15.7 Å². The minimum Gasteiger partial charge on any atom is -0.456 e. The fourth-order valence-electron chi connectivity index (χ4n) is 3.52. The lowest BCUT2D eigenvalue weighted by Gasteiger charge is -2.18. The van der Waals surface area contributed by atoms with E-state index in [9.17, 15) is 4.79 Å². The maximum Gasteiger partial charge on any atom is 0.292 e. The van der Waals surface area contributed by atoms with E-state index in [1.807, 2.05) is 19.1 Å². The topological polar surface area (TPSA) is 60.1 Å². The summed E-state index contributed by atoms with van der Waals surface area (Å²) in [5.74, 6) is 1.47. The third-order valence-corrected chi connectivity index (χ3v) is 5.64. The summed E-state index contributed by atoms with van der Waals surface area (Å²) in [6.07, 6.45) is 0.678. The molecule has 0 aliphatic heterocycles. The molecule has 2 aromatic heterocycles. The summed E-state index contributed by atoms with van der Waals surface area (Å²) in [7, 11) is 1.80. The van der Waals surface area contributed by atoms with Crippen LogP contribution in [0.5, 0.6) is 0 Å². The summed E-state index contributed by atoms with van der Waals surface area (Å²) < 4.78 is 7.49. The molecule has 0 saturated carbocycles. The van der Waals surface area contributed by atoms with Crippen molar-refractivity contribution in [3.8, 4) is 0 Å². The zero-order valence-electron chi connectivity index (χ0n) is 17.2. The van der Waals surface area contributed by atoms with Gasteiger partial charge < -0.3 is 9.73 Å². The highest BCUT2D eigenvalue weighted by Gasteiger charge is 2.17. The first kappa shape index (κ1) is 19.0. The number of carbonyl (C=O) groups excluding carboxylic acids is 1. The fraction of sp³-hybridized carbons (Fsp3) is 0.364. The lowest BCUT2D eigenvalue weighted by atomic mass is 9.88. The van der Waals surface area contributed by atoms with Crippen molar-refractivity contribution in [2.75, 3.05) is 5.32 Å². The number of hydrogen-bond acceptors (Lipinski definition) is 3. The molecule has 3 rings (SSSR count). The number of furan rings is 1. The van der Waals surface area contributed by atoms with Gasteiger partial charge in [-0.15, -0.1) is 0 Å². The first-order valence-electron chi connectivity index (χ1n) is 9.15. The zero-order valence-corrected chi connectivity index (χ0v) is 17.2. The normalized spacial score (nSPS) is 11.1. The van der Waals surface area contributed by atoms with E-state index in [0.717, 1.165) is 11.5 Å². The molecule has 142 valence electrons. The molecule has 0 aliphatic carbocycles. The van der Waals surface area contributed by atoms with Crippen LogP contribution in [-0.2, 0) is 13.5 Å². The van der Waals surface area contributed by atoms with E-state index in [0.29, 0.717) is 18.0 Å². The number of nitrogens with zero attached hydrogens (tertiary/aromatic N) is 2. The van der Waals surface area contributed by atoms with Crippen LogP contribution in [0.4, 0.5) is 5.82 Å². The molecule has 0 bridgehead atoms. The molecule has 27 heavy (non-hydrogen) atoms. The molecule has 5 heteroatoms. The van der Waals surface area contributed by atoms with Crippen molar-refractivity contribution in [3.63, 3.8) is 0 Å². The summed E-state index contributed by atoms with van der Waals surface area (Å²) in [4.78, 5) is 12.5. The minimum absolute atomic E-state index is 0.269. The molecule has 0 saturated heterocycles. The van der Waals surface area contributed by atoms with Crippen LogP contribution in [0.2, 0.25) is 0 Å². The second-order valence-corrected chi connectivity index (χ2v) is 7.29. The van der Waals surface area contributed by atoms with Crippen LogP contribution in [0.3, 0.4) is 0 Å². The van der Waals surface area contributed by atoms with Gasteiger partial charge in [-0.3, -0.25) is 9.48 Å². The van der Waals surface area contributed by atoms with E-state index in [2.05, 4.69) is 45.0 Å². The highest BCUT2D eigenvalue weighted by Crippen LogP contribution is 2.28. The summed E-state index contributed by atoms with van der Waals surface area (Å²) in [5.41, 5.74) is 8.71. The number of nitrogens with one attached hydrogen (secondary N) is 1. The van der Waals surface area contributed by atoms with E-state index in [1.54, 1.807) is 17.8 Å². The van der Waals surface area contributed by atoms with Crippen LogP contribution < -0.4 is 5.32 Å². The van der Waals surface area contributed by atoms with Crippen LogP contribution in [0.25, 0.3) is 0 Å². The summed E-state index contributed by atoms with van der Waals surface area (Å²) in [6, 6.07) is 5.44. The maximum atomic E-state index is 12.5. The first-order valence-corrected chi connectivity index (χ1v) is 9.15. The van der Waals surface area contributed by atoms with Gasteiger partial charge in [0.2, 0.25) is 0 Å². The lowest BCUT2D eigenvalue weighted by molar-refractivity contribution is 0.0994. The van der Waals surface area contributed by atoms with Crippen molar-refractivity contribution < 1.29 is 9.21 Å². The van der Waals surface area contributed by atoms with Gasteiger partial charge in [-0.05, 0) is 87.1 Å². The Morgan fingerprint density at radius 3 is 2.15 bits per heavy atom. The molecule has 3 aromatic rings. The molecule has 0 fully saturated rings. The molecular weight excluding hydrogens is 338 g/mol. The van der Waals surface area contributed by atoms with Crippen LogP contribution in [0.1, 0.15) is 55.4 Å². The monoisotopic (exact) mass is 365 g/mol. The summed E-state index contributed by atoms with van der Waals surface area (Å²) in [5, 5.41) is 7.07. The first-order chi connectivity index (χ1) is 12.7. The van der Waals surface area contributed by atoms with Gasteiger partial charge in [0.05, 0.1) is 5.69 Å². The van der Waals surface area contributed by atoms with Gasteiger partial charge in [-0.1, -0.05) is 0 Å². The van der Waals surface area contributed by atoms with Crippen LogP contribution in [0.15, 0.2) is 22.6 Å². The Hall–Kier alpha value is -2.82. The largest absolute Gasteiger partial charge is 0.456 e. The van der Waals surface area contributed by atoms with Gasteiger partial charge in [0.15, 0.2) is 5.76 Å². The van der Waals surface area contributed by atoms with E-state index >= 15 is 0 Å². The molecule has 1 N–H and O–H groups in total. The third-order valence-electron chi connectivity index (χ3n) is 5.64. The van der Waals surface area contributed by atoms with Gasteiger partial charge in [-0.2, -0.15) is 5.10 Å². The standard InChI is InChI=1S/C22H27N3O2/c1-12-10-21(25(7)24-12)23-22(26)20-9-8-18(27-20)11-19-16(5)14(3)13(2)15(4)17(19)6/h8-10H,11H2,1-7H3,(H,23,26). The quantitative estimate of drug-likeness (QED) is 0.728. The Balaban J connectivity index is 1.83. The van der Waals surface area contributed by atoms with Crippen molar-refractivity contribution in [3.05, 3.63) is 68.8 Å². The molecule has 2 heterocycles. The number of anilines is 1. The number of carbonyl (C=O) groups is 1. The Morgan fingerprint density at radius 1 is 1.00 bits per heavy atom. The van der Waals surface area contributed by atoms with Crippen molar-refractivity contribution >= 4 is 11.7 Å². The average molecular weight is 365 g/mol. The molecule has 0 aliphatic rings. The van der Waals surface area contributed by atoms with Gasteiger partial charge in [0, 0.05) is 19.5 Å². The molecule has 0 radical (unpaired) electrons. The van der Waals surface area contributed by atoms with E-state index in [-0.39, 0.29) is 5.91 Å². The SMILES string of the molecule is Cc1cc(NC(=O)c2ccc(Cc3c(C)c(C)c(C)c(C)c3C)o2)n(C)n1. The van der Waals surface area contributed by atoms with Crippen LogP contribution >= 0.6 is 0 Å². The van der Waals surface area contributed by atoms with Crippen LogP contribution in [0, 0.1) is 41.5 Å². The lowest BCUT2D eigenvalue weighted by Crippen LogP contribution is -2.13. The Labute approximate surface area is 160 Å². The smallest absolute Gasteiger partial charge is 0.292 e. The molecule has 0 unspecified atom stereocenters. The molecule has 1 amide bonds. The Kier molecular flexibility index (Phi) is 4.96. The van der Waals surface area contributed by atoms with Gasteiger partial charge in [0.25, 0.3) is 5.91 Å². The second-order valence-electron chi connectivity index (χ2n) is 7.29. The third kappa shape index (κ3) is 3.54. The van der Waals surface area contributed by atoms with Crippen molar-refractivity contribution in [1.29, 1.82) is 0 Å². The highest BCUT2D eigenvalue weighted by molar-refractivity contribution is 6.01. The summed E-state index contributed by atoms with van der Waals surface area (Å²) in [6.45, 7) is 12.7. The highest BCUT2D eigenvalue weighted by atomic mass is 16.3. The number of aryl methyl sites for hydroxylation is 2. The Morgan fingerprint density at radius 2 is 1.59 bits per heavy atom. The Bertz CT molecular complexity index is 996. The average Bonchev–Trinajstić information content (AvgIpc) is 3.21. The predicted molar refractivity (Wildman–Crippen MR) is 108 cm³/mol. The van der Waals surface area contributed by atoms with Crippen molar-refractivity contribution in [1.82, 2.24) is 9.78 Å². The maximum absolute atomic E-state index is 12.5. The number of amides is 1. The molecule has 0 atom stereocenters. The molecular formula is C22H27N3O2. The van der Waals surface area contributed by atoms with Gasteiger partial charge in [0.1, 0.15) is 11.6 Å². The molecule has 0 spiro atoms. The predicted octanol–water partition coefficient (Wildman–Crippen LogP) is 4.71. The van der Waals surface area contributed by atoms with Gasteiger partial charge >= 0.3 is 0 Å². The van der Waals surface area contributed by atoms with Crippen molar-refractivity contribution in [2.24, 2.45) is 7.05 Å². The number of benzene rings is 1. The fourth-order valence-corrected chi connectivity index (χ4v) is 3.52. The molecule has 5 nitrogen and oxygen atoms in total. The number of aromatic nitrogens is 2. The zero-order chi connectivity index (χ0) is 19.9. The number of hydrogen-bond donors (Lipinski definition) is 1. The minimum atomic E-state index is -0.269.